The zero-order valence-corrected chi connectivity index (χ0v) is 13.4. The molecule has 0 heterocycles. The lowest BCUT2D eigenvalue weighted by atomic mass is 10.2. The summed E-state index contributed by atoms with van der Waals surface area (Å²) in [5.74, 6) is 0.438. The molecule has 4 nitrogen and oxygen atoms in total. The molecular weight excluding hydrogens is 274 g/mol. The van der Waals surface area contributed by atoms with Crippen LogP contribution in [-0.4, -0.2) is 29.9 Å². The van der Waals surface area contributed by atoms with Crippen LogP contribution in [0.15, 0.2) is 18.2 Å². The molecule has 0 fully saturated rings. The van der Waals surface area contributed by atoms with Crippen molar-refractivity contribution < 1.29 is 4.79 Å². The Labute approximate surface area is 126 Å². The highest BCUT2D eigenvalue weighted by atomic mass is 35.5. The van der Waals surface area contributed by atoms with Crippen LogP contribution in [0, 0.1) is 5.92 Å². The van der Waals surface area contributed by atoms with E-state index in [1.54, 1.807) is 18.2 Å². The molecule has 0 saturated carbocycles. The molecule has 0 atom stereocenters. The summed E-state index contributed by atoms with van der Waals surface area (Å²) in [6.07, 6.45) is 0. The van der Waals surface area contributed by atoms with Crippen molar-refractivity contribution in [3.8, 4) is 0 Å². The number of hydrogen-bond donors (Lipinski definition) is 2. The maximum atomic E-state index is 12.1. The second-order valence-electron chi connectivity index (χ2n) is 5.70. The molecular formula is C15H24ClN3O. The van der Waals surface area contributed by atoms with Gasteiger partial charge in [0.05, 0.1) is 17.3 Å². The van der Waals surface area contributed by atoms with Crippen LogP contribution in [0.25, 0.3) is 0 Å². The van der Waals surface area contributed by atoms with Crippen molar-refractivity contribution in [1.29, 1.82) is 0 Å². The van der Waals surface area contributed by atoms with E-state index in [4.69, 9.17) is 17.3 Å². The van der Waals surface area contributed by atoms with Gasteiger partial charge in [-0.1, -0.05) is 25.4 Å². The van der Waals surface area contributed by atoms with Crippen molar-refractivity contribution in [2.24, 2.45) is 5.92 Å². The van der Waals surface area contributed by atoms with E-state index >= 15 is 0 Å². The molecule has 0 unspecified atom stereocenters. The van der Waals surface area contributed by atoms with E-state index in [2.05, 4.69) is 37.9 Å². The second-order valence-corrected chi connectivity index (χ2v) is 6.11. The van der Waals surface area contributed by atoms with Gasteiger partial charge in [-0.15, -0.1) is 0 Å². The van der Waals surface area contributed by atoms with Crippen LogP contribution in [0.2, 0.25) is 5.02 Å². The van der Waals surface area contributed by atoms with E-state index in [0.717, 1.165) is 6.54 Å². The van der Waals surface area contributed by atoms with E-state index in [1.807, 2.05) is 0 Å². The maximum Gasteiger partial charge on any atom is 0.238 e. The first-order chi connectivity index (χ1) is 9.29. The summed E-state index contributed by atoms with van der Waals surface area (Å²) in [4.78, 5) is 14.3. The molecule has 0 aliphatic rings. The van der Waals surface area contributed by atoms with E-state index in [9.17, 15) is 4.79 Å². The molecule has 0 spiro atoms. The highest BCUT2D eigenvalue weighted by Crippen LogP contribution is 2.24. The molecule has 20 heavy (non-hydrogen) atoms. The minimum Gasteiger partial charge on any atom is -0.399 e. The topological polar surface area (TPSA) is 58.4 Å². The van der Waals surface area contributed by atoms with Crippen molar-refractivity contribution in [1.82, 2.24) is 4.90 Å². The molecule has 5 heteroatoms. The van der Waals surface area contributed by atoms with Gasteiger partial charge in [-0.25, -0.2) is 0 Å². The molecule has 112 valence electrons. The Bertz CT molecular complexity index is 460. The summed E-state index contributed by atoms with van der Waals surface area (Å²) >= 11 is 6.04. The van der Waals surface area contributed by atoms with Gasteiger partial charge in [0.2, 0.25) is 5.91 Å². The summed E-state index contributed by atoms with van der Waals surface area (Å²) in [6.45, 7) is 9.69. The van der Waals surface area contributed by atoms with Gasteiger partial charge in [0.25, 0.3) is 0 Å². The summed E-state index contributed by atoms with van der Waals surface area (Å²) in [7, 11) is 0. The Morgan fingerprint density at radius 2 is 2.00 bits per heavy atom. The van der Waals surface area contributed by atoms with Crippen molar-refractivity contribution in [2.75, 3.05) is 24.1 Å². The Morgan fingerprint density at radius 3 is 2.55 bits per heavy atom. The van der Waals surface area contributed by atoms with Crippen LogP contribution in [0.5, 0.6) is 0 Å². The third-order valence-corrected chi connectivity index (χ3v) is 3.27. The molecule has 0 aromatic heterocycles. The number of nitrogens with two attached hydrogens (primary N) is 1. The first-order valence-electron chi connectivity index (χ1n) is 6.88. The lowest BCUT2D eigenvalue weighted by Gasteiger charge is -2.27. The highest BCUT2D eigenvalue weighted by Gasteiger charge is 2.16. The number of nitrogen functional groups attached to an aromatic ring is 1. The van der Waals surface area contributed by atoms with Gasteiger partial charge in [-0.05, 0) is 38.0 Å². The van der Waals surface area contributed by atoms with Crippen LogP contribution < -0.4 is 11.1 Å². The van der Waals surface area contributed by atoms with E-state index < -0.39 is 0 Å². The minimum absolute atomic E-state index is 0.0770. The van der Waals surface area contributed by atoms with Gasteiger partial charge in [0, 0.05) is 18.3 Å². The van der Waals surface area contributed by atoms with Crippen LogP contribution >= 0.6 is 11.6 Å². The number of halogens is 1. The molecule has 1 aromatic carbocycles. The molecule has 0 bridgehead atoms. The Hall–Kier alpha value is -1.26. The second kappa shape index (κ2) is 7.50. The van der Waals surface area contributed by atoms with E-state index in [-0.39, 0.29) is 5.91 Å². The maximum absolute atomic E-state index is 12.1. The van der Waals surface area contributed by atoms with Crippen LogP contribution in [0.3, 0.4) is 0 Å². The van der Waals surface area contributed by atoms with Gasteiger partial charge in [-0.2, -0.15) is 0 Å². The normalized spacial score (nSPS) is 11.4. The lowest BCUT2D eigenvalue weighted by Crippen LogP contribution is -2.40. The average Bonchev–Trinajstić information content (AvgIpc) is 2.32. The fraction of sp³-hybridized carbons (Fsp3) is 0.533. The van der Waals surface area contributed by atoms with Crippen molar-refractivity contribution in [2.45, 2.75) is 33.7 Å². The van der Waals surface area contributed by atoms with E-state index in [1.165, 1.54) is 0 Å². The number of anilines is 2. The number of carbonyl (C=O) groups is 1. The monoisotopic (exact) mass is 297 g/mol. The Kier molecular flexibility index (Phi) is 6.30. The van der Waals surface area contributed by atoms with Crippen LogP contribution in [0.4, 0.5) is 11.4 Å². The third-order valence-electron chi connectivity index (χ3n) is 2.94. The Balaban J connectivity index is 2.68. The summed E-state index contributed by atoms with van der Waals surface area (Å²) in [6, 6.07) is 5.37. The van der Waals surface area contributed by atoms with E-state index in [0.29, 0.717) is 34.9 Å². The number of amides is 1. The molecule has 1 amide bonds. The number of nitrogens with one attached hydrogen (secondary N) is 1. The average molecular weight is 298 g/mol. The first-order valence-corrected chi connectivity index (χ1v) is 7.26. The summed E-state index contributed by atoms with van der Waals surface area (Å²) in [5.41, 5.74) is 6.83. The Morgan fingerprint density at radius 1 is 1.35 bits per heavy atom. The number of rotatable bonds is 6. The van der Waals surface area contributed by atoms with Crippen molar-refractivity contribution >= 4 is 28.9 Å². The predicted molar refractivity (Wildman–Crippen MR) is 86.0 cm³/mol. The lowest BCUT2D eigenvalue weighted by molar-refractivity contribution is -0.117. The van der Waals surface area contributed by atoms with Gasteiger partial charge in [0.1, 0.15) is 0 Å². The highest BCUT2D eigenvalue weighted by molar-refractivity contribution is 6.33. The summed E-state index contributed by atoms with van der Waals surface area (Å²) < 4.78 is 0. The largest absolute Gasteiger partial charge is 0.399 e. The molecule has 1 aromatic rings. The van der Waals surface area contributed by atoms with Gasteiger partial charge < -0.3 is 11.1 Å². The molecule has 0 aliphatic carbocycles. The van der Waals surface area contributed by atoms with Crippen LogP contribution in [0.1, 0.15) is 27.7 Å². The third kappa shape index (κ3) is 5.39. The number of nitrogens with zero attached hydrogens (tertiary/aromatic N) is 1. The minimum atomic E-state index is -0.0770. The molecule has 3 N–H and O–H groups in total. The van der Waals surface area contributed by atoms with Gasteiger partial charge in [0.15, 0.2) is 0 Å². The fourth-order valence-electron chi connectivity index (χ4n) is 1.94. The van der Waals surface area contributed by atoms with Crippen LogP contribution in [-0.2, 0) is 4.79 Å². The molecule has 0 aliphatic heterocycles. The fourth-order valence-corrected chi connectivity index (χ4v) is 2.10. The zero-order valence-electron chi connectivity index (χ0n) is 12.6. The SMILES string of the molecule is CC(C)CN(CC(=O)Nc1cc(N)ccc1Cl)C(C)C. The quantitative estimate of drug-likeness (QED) is 0.793. The molecule has 1 rings (SSSR count). The molecule has 0 saturated heterocycles. The number of carbonyl (C=O) groups excluding carboxylic acids is 1. The predicted octanol–water partition coefficient (Wildman–Crippen LogP) is 3.23. The molecule has 0 radical (unpaired) electrons. The van der Waals surface area contributed by atoms with Gasteiger partial charge >= 0.3 is 0 Å². The van der Waals surface area contributed by atoms with Crippen molar-refractivity contribution in [3.63, 3.8) is 0 Å². The number of benzene rings is 1. The zero-order chi connectivity index (χ0) is 15.3. The first kappa shape index (κ1) is 16.8. The smallest absolute Gasteiger partial charge is 0.238 e. The van der Waals surface area contributed by atoms with Crippen molar-refractivity contribution in [3.05, 3.63) is 23.2 Å². The van der Waals surface area contributed by atoms with Gasteiger partial charge in [-0.3, -0.25) is 9.69 Å². The summed E-state index contributed by atoms with van der Waals surface area (Å²) in [5, 5.41) is 3.31. The number of hydrogen-bond acceptors (Lipinski definition) is 3. The standard InChI is InChI=1S/C15H24ClN3O/c1-10(2)8-19(11(3)4)9-15(20)18-14-7-12(17)5-6-13(14)16/h5-7,10-11H,8-9,17H2,1-4H3,(H,18,20).